The van der Waals surface area contributed by atoms with Gasteiger partial charge in [-0.15, -0.1) is 0 Å². The van der Waals surface area contributed by atoms with Crippen LogP contribution in [0.15, 0.2) is 54.6 Å². The number of aromatic nitrogens is 1. The summed E-state index contributed by atoms with van der Waals surface area (Å²) in [5.41, 5.74) is 3.76. The Kier molecular flexibility index (Phi) is 5.06. The zero-order valence-corrected chi connectivity index (χ0v) is 12.1. The van der Waals surface area contributed by atoms with Gasteiger partial charge < -0.3 is 4.57 Å². The third-order valence-electron chi connectivity index (χ3n) is 3.18. The molecule has 0 aliphatic rings. The Balaban J connectivity index is 2.13. The lowest BCUT2D eigenvalue weighted by Gasteiger charge is -2.01. The van der Waals surface area contributed by atoms with Crippen LogP contribution in [0.5, 0.6) is 0 Å². The third kappa shape index (κ3) is 3.80. The Hall–Kier alpha value is -2.92. The zero-order chi connectivity index (χ0) is 15.9. The molecule has 2 aromatic rings. The van der Waals surface area contributed by atoms with Gasteiger partial charge in [-0.25, -0.2) is 5.48 Å². The number of amides is 1. The first-order valence-electron chi connectivity index (χ1n) is 6.67. The summed E-state index contributed by atoms with van der Waals surface area (Å²) < 4.78 is 1.83. The standard InChI is InChI=1S/C17H16N2O3/c1-19-14(7-8-15(19)10-12-17(21)18-22)9-11-16(20)13-5-3-2-4-6-13/h2-12,22H,1H3,(H,18,21)/b11-9+,12-10+. The number of ketones is 1. The maximum Gasteiger partial charge on any atom is 0.267 e. The normalized spacial score (nSPS) is 11.2. The quantitative estimate of drug-likeness (QED) is 0.385. The number of allylic oxidation sites excluding steroid dienone is 1. The van der Waals surface area contributed by atoms with Crippen LogP contribution in [0.1, 0.15) is 21.7 Å². The summed E-state index contributed by atoms with van der Waals surface area (Å²) in [5.74, 6) is -0.670. The molecule has 0 unspecified atom stereocenters. The molecule has 1 heterocycles. The highest BCUT2D eigenvalue weighted by atomic mass is 16.5. The molecule has 0 spiro atoms. The topological polar surface area (TPSA) is 71.3 Å². The molecule has 0 aliphatic carbocycles. The number of nitrogens with one attached hydrogen (secondary N) is 1. The Morgan fingerprint density at radius 1 is 1.00 bits per heavy atom. The van der Waals surface area contributed by atoms with E-state index in [2.05, 4.69) is 0 Å². The Morgan fingerprint density at radius 2 is 1.59 bits per heavy atom. The summed E-state index contributed by atoms with van der Waals surface area (Å²) in [4.78, 5) is 23.0. The van der Waals surface area contributed by atoms with E-state index in [4.69, 9.17) is 5.21 Å². The van der Waals surface area contributed by atoms with Crippen molar-refractivity contribution in [1.82, 2.24) is 10.0 Å². The summed E-state index contributed by atoms with van der Waals surface area (Å²) in [6.45, 7) is 0. The van der Waals surface area contributed by atoms with E-state index >= 15 is 0 Å². The average Bonchev–Trinajstić information content (AvgIpc) is 2.91. The van der Waals surface area contributed by atoms with Gasteiger partial charge in [0.1, 0.15) is 0 Å². The van der Waals surface area contributed by atoms with E-state index in [-0.39, 0.29) is 5.78 Å². The lowest BCUT2D eigenvalue weighted by molar-refractivity contribution is -0.124. The molecule has 0 radical (unpaired) electrons. The molecule has 0 atom stereocenters. The zero-order valence-electron chi connectivity index (χ0n) is 12.1. The van der Waals surface area contributed by atoms with E-state index in [1.54, 1.807) is 24.3 Å². The monoisotopic (exact) mass is 296 g/mol. The minimum atomic E-state index is -0.599. The molecule has 112 valence electrons. The number of hydroxylamine groups is 1. The molecular formula is C17H16N2O3. The maximum absolute atomic E-state index is 12.0. The van der Waals surface area contributed by atoms with Crippen molar-refractivity contribution in [2.75, 3.05) is 0 Å². The van der Waals surface area contributed by atoms with Crippen LogP contribution in [0, 0.1) is 0 Å². The fraction of sp³-hybridized carbons (Fsp3) is 0.0588. The van der Waals surface area contributed by atoms with Crippen molar-refractivity contribution in [3.8, 4) is 0 Å². The summed E-state index contributed by atoms with van der Waals surface area (Å²) >= 11 is 0. The van der Waals surface area contributed by atoms with Gasteiger partial charge >= 0.3 is 0 Å². The van der Waals surface area contributed by atoms with Crippen molar-refractivity contribution in [2.45, 2.75) is 0 Å². The van der Waals surface area contributed by atoms with Crippen molar-refractivity contribution < 1.29 is 14.8 Å². The van der Waals surface area contributed by atoms with Gasteiger partial charge in [0.2, 0.25) is 0 Å². The number of hydrogen-bond acceptors (Lipinski definition) is 3. The molecule has 0 fully saturated rings. The maximum atomic E-state index is 12.0. The summed E-state index contributed by atoms with van der Waals surface area (Å²) in [6.07, 6.45) is 6.03. The number of hydrogen-bond donors (Lipinski definition) is 2. The number of carbonyl (C=O) groups excluding carboxylic acids is 2. The predicted octanol–water partition coefficient (Wildman–Crippen LogP) is 2.44. The SMILES string of the molecule is Cn1c(/C=C/C(=O)NO)ccc1/C=C/C(=O)c1ccccc1. The van der Waals surface area contributed by atoms with Crippen molar-refractivity contribution >= 4 is 23.8 Å². The molecule has 0 saturated heterocycles. The van der Waals surface area contributed by atoms with Crippen LogP contribution >= 0.6 is 0 Å². The van der Waals surface area contributed by atoms with E-state index in [0.29, 0.717) is 5.56 Å². The Morgan fingerprint density at radius 3 is 2.18 bits per heavy atom. The van der Waals surface area contributed by atoms with Gasteiger partial charge in [-0.1, -0.05) is 30.3 Å². The van der Waals surface area contributed by atoms with E-state index in [0.717, 1.165) is 11.4 Å². The molecule has 5 nitrogen and oxygen atoms in total. The van der Waals surface area contributed by atoms with Gasteiger partial charge in [0.05, 0.1) is 0 Å². The first-order chi connectivity index (χ1) is 10.6. The number of nitrogens with zero attached hydrogens (tertiary/aromatic N) is 1. The van der Waals surface area contributed by atoms with Crippen molar-refractivity contribution in [2.24, 2.45) is 7.05 Å². The second-order valence-electron chi connectivity index (χ2n) is 4.62. The molecule has 1 aromatic carbocycles. The van der Waals surface area contributed by atoms with Crippen LogP contribution in [0.2, 0.25) is 0 Å². The van der Waals surface area contributed by atoms with Crippen LogP contribution in [0.3, 0.4) is 0 Å². The van der Waals surface area contributed by atoms with Crippen LogP contribution in [0.4, 0.5) is 0 Å². The van der Waals surface area contributed by atoms with Crippen LogP contribution in [0.25, 0.3) is 12.2 Å². The van der Waals surface area contributed by atoms with Gasteiger partial charge in [0, 0.05) is 30.1 Å². The van der Waals surface area contributed by atoms with Crippen molar-refractivity contribution in [3.05, 3.63) is 71.6 Å². The molecule has 5 heteroatoms. The lowest BCUT2D eigenvalue weighted by Crippen LogP contribution is -2.14. The molecule has 0 aliphatic heterocycles. The van der Waals surface area contributed by atoms with E-state index < -0.39 is 5.91 Å². The molecule has 2 rings (SSSR count). The van der Waals surface area contributed by atoms with Crippen LogP contribution in [-0.2, 0) is 11.8 Å². The van der Waals surface area contributed by atoms with Crippen molar-refractivity contribution in [3.63, 3.8) is 0 Å². The highest BCUT2D eigenvalue weighted by Crippen LogP contribution is 2.11. The Labute approximate surface area is 128 Å². The first-order valence-corrected chi connectivity index (χ1v) is 6.67. The number of rotatable bonds is 5. The molecular weight excluding hydrogens is 280 g/mol. The summed E-state index contributed by atoms with van der Waals surface area (Å²) in [5, 5.41) is 8.43. The minimum absolute atomic E-state index is 0.0708. The highest BCUT2D eigenvalue weighted by Gasteiger charge is 2.03. The minimum Gasteiger partial charge on any atom is -0.345 e. The fourth-order valence-electron chi connectivity index (χ4n) is 1.94. The largest absolute Gasteiger partial charge is 0.345 e. The molecule has 0 saturated carbocycles. The van der Waals surface area contributed by atoms with Crippen molar-refractivity contribution in [1.29, 1.82) is 0 Å². The van der Waals surface area contributed by atoms with E-state index in [9.17, 15) is 9.59 Å². The molecule has 2 N–H and O–H groups in total. The highest BCUT2D eigenvalue weighted by molar-refractivity contribution is 6.06. The molecule has 1 amide bonds. The first kappa shape index (κ1) is 15.5. The van der Waals surface area contributed by atoms with Gasteiger partial charge in [0.25, 0.3) is 5.91 Å². The third-order valence-corrected chi connectivity index (χ3v) is 3.18. The lowest BCUT2D eigenvalue weighted by atomic mass is 10.1. The average molecular weight is 296 g/mol. The smallest absolute Gasteiger partial charge is 0.267 e. The molecule has 22 heavy (non-hydrogen) atoms. The molecule has 0 bridgehead atoms. The van der Waals surface area contributed by atoms with Crippen LogP contribution < -0.4 is 5.48 Å². The fourth-order valence-corrected chi connectivity index (χ4v) is 1.94. The van der Waals surface area contributed by atoms with E-state index in [1.165, 1.54) is 17.6 Å². The second kappa shape index (κ2) is 7.19. The van der Waals surface area contributed by atoms with E-state index in [1.807, 2.05) is 41.9 Å². The van der Waals surface area contributed by atoms with Gasteiger partial charge in [-0.2, -0.15) is 0 Å². The second-order valence-corrected chi connectivity index (χ2v) is 4.62. The van der Waals surface area contributed by atoms with Crippen LogP contribution in [-0.4, -0.2) is 21.5 Å². The van der Waals surface area contributed by atoms with Gasteiger partial charge in [-0.05, 0) is 30.4 Å². The Bertz CT molecular complexity index is 728. The number of carbonyl (C=O) groups is 2. The predicted molar refractivity (Wildman–Crippen MR) is 84.2 cm³/mol. The van der Waals surface area contributed by atoms with Gasteiger partial charge in [-0.3, -0.25) is 14.8 Å². The van der Waals surface area contributed by atoms with Gasteiger partial charge in [0.15, 0.2) is 5.78 Å². The number of benzene rings is 1. The summed E-state index contributed by atoms with van der Waals surface area (Å²) in [6, 6.07) is 12.7. The summed E-state index contributed by atoms with van der Waals surface area (Å²) in [7, 11) is 1.82. The molecule has 1 aromatic heterocycles.